The Kier molecular flexibility index (Phi) is 3.63. The van der Waals surface area contributed by atoms with Crippen LogP contribution in [0.15, 0.2) is 22.7 Å². The maximum atomic E-state index is 12.4. The largest absolute Gasteiger partial charge is 0.416 e. The molecule has 0 aliphatic rings. The zero-order chi connectivity index (χ0) is 10.9. The second-order valence-corrected chi connectivity index (χ2v) is 5.18. The van der Waals surface area contributed by atoms with Crippen molar-refractivity contribution in [1.29, 1.82) is 0 Å². The molecular weight excluding hydrogens is 325 g/mol. The van der Waals surface area contributed by atoms with Gasteiger partial charge in [-0.05, 0) is 30.7 Å². The van der Waals surface area contributed by atoms with Crippen molar-refractivity contribution >= 4 is 31.9 Å². The summed E-state index contributed by atoms with van der Waals surface area (Å²) in [7, 11) is 0. The third kappa shape index (κ3) is 2.98. The van der Waals surface area contributed by atoms with Crippen molar-refractivity contribution in [3.8, 4) is 0 Å². The molecule has 0 fully saturated rings. The van der Waals surface area contributed by atoms with Crippen LogP contribution in [0.4, 0.5) is 13.2 Å². The van der Waals surface area contributed by atoms with Gasteiger partial charge in [-0.2, -0.15) is 13.2 Å². The Morgan fingerprint density at radius 3 is 2.21 bits per heavy atom. The summed E-state index contributed by atoms with van der Waals surface area (Å²) >= 11 is 6.28. The Morgan fingerprint density at radius 2 is 1.79 bits per heavy atom. The van der Waals surface area contributed by atoms with Crippen LogP contribution < -0.4 is 0 Å². The van der Waals surface area contributed by atoms with E-state index < -0.39 is 11.7 Å². The van der Waals surface area contributed by atoms with Gasteiger partial charge in [-0.15, -0.1) is 0 Å². The summed E-state index contributed by atoms with van der Waals surface area (Å²) in [5.74, 6) is 0. The van der Waals surface area contributed by atoms with Crippen molar-refractivity contribution in [2.24, 2.45) is 0 Å². The lowest BCUT2D eigenvalue weighted by atomic mass is 10.1. The zero-order valence-corrected chi connectivity index (χ0v) is 10.4. The molecule has 5 heteroatoms. The fourth-order valence-corrected chi connectivity index (χ4v) is 1.78. The molecule has 0 saturated heterocycles. The van der Waals surface area contributed by atoms with Gasteiger partial charge in [-0.25, -0.2) is 0 Å². The predicted molar refractivity (Wildman–Crippen MR) is 56.5 cm³/mol. The van der Waals surface area contributed by atoms with E-state index in [-0.39, 0.29) is 4.83 Å². The van der Waals surface area contributed by atoms with Gasteiger partial charge in [-0.3, -0.25) is 0 Å². The highest BCUT2D eigenvalue weighted by atomic mass is 79.9. The SMILES string of the molecule is C[C@H](Br)c1cc(Br)cc(C(F)(F)F)c1. The highest BCUT2D eigenvalue weighted by molar-refractivity contribution is 9.10. The van der Waals surface area contributed by atoms with E-state index in [1.807, 2.05) is 0 Å². The summed E-state index contributed by atoms with van der Waals surface area (Å²) in [6.45, 7) is 1.78. The lowest BCUT2D eigenvalue weighted by Gasteiger charge is -2.11. The molecule has 0 heterocycles. The van der Waals surface area contributed by atoms with E-state index in [9.17, 15) is 13.2 Å². The molecular formula is C9H7Br2F3. The van der Waals surface area contributed by atoms with E-state index >= 15 is 0 Å². The average Bonchev–Trinajstić information content (AvgIpc) is 2.01. The van der Waals surface area contributed by atoms with Crippen LogP contribution in [0.1, 0.15) is 22.9 Å². The van der Waals surface area contributed by atoms with E-state index in [1.54, 1.807) is 13.0 Å². The Hall–Kier alpha value is -0.0300. The topological polar surface area (TPSA) is 0 Å². The average molecular weight is 332 g/mol. The summed E-state index contributed by atoms with van der Waals surface area (Å²) in [5.41, 5.74) is -0.0279. The van der Waals surface area contributed by atoms with Gasteiger partial charge in [0.05, 0.1) is 5.56 Å². The van der Waals surface area contributed by atoms with Gasteiger partial charge in [0, 0.05) is 9.30 Å². The van der Waals surface area contributed by atoms with Crippen LogP contribution in [0.2, 0.25) is 0 Å². The molecule has 0 bridgehead atoms. The summed E-state index contributed by atoms with van der Waals surface area (Å²) in [4.78, 5) is -0.0962. The smallest absolute Gasteiger partial charge is 0.166 e. The van der Waals surface area contributed by atoms with E-state index in [2.05, 4.69) is 31.9 Å². The number of benzene rings is 1. The third-order valence-corrected chi connectivity index (χ3v) is 2.69. The zero-order valence-electron chi connectivity index (χ0n) is 7.20. The van der Waals surface area contributed by atoms with Gasteiger partial charge in [0.2, 0.25) is 0 Å². The van der Waals surface area contributed by atoms with Crippen molar-refractivity contribution in [3.63, 3.8) is 0 Å². The second kappa shape index (κ2) is 4.23. The number of alkyl halides is 4. The van der Waals surface area contributed by atoms with Crippen molar-refractivity contribution < 1.29 is 13.2 Å². The minimum Gasteiger partial charge on any atom is -0.166 e. The molecule has 1 aromatic carbocycles. The fraction of sp³-hybridized carbons (Fsp3) is 0.333. The molecule has 0 aliphatic carbocycles. The molecule has 0 radical (unpaired) electrons. The van der Waals surface area contributed by atoms with E-state index in [0.717, 1.165) is 12.1 Å². The summed E-state index contributed by atoms with van der Waals surface area (Å²) in [6, 6.07) is 3.87. The molecule has 1 aromatic rings. The Labute approximate surface area is 96.8 Å². The van der Waals surface area contributed by atoms with E-state index in [4.69, 9.17) is 0 Å². The molecule has 78 valence electrons. The van der Waals surface area contributed by atoms with Crippen LogP contribution in [0.5, 0.6) is 0 Å². The minimum atomic E-state index is -4.29. The van der Waals surface area contributed by atoms with Gasteiger partial charge in [0.1, 0.15) is 0 Å². The molecule has 0 spiro atoms. The second-order valence-electron chi connectivity index (χ2n) is 2.89. The van der Waals surface area contributed by atoms with Crippen molar-refractivity contribution in [2.75, 3.05) is 0 Å². The maximum Gasteiger partial charge on any atom is 0.416 e. The van der Waals surface area contributed by atoms with Crippen LogP contribution in [0.25, 0.3) is 0 Å². The Bertz CT molecular complexity index is 331. The first-order valence-electron chi connectivity index (χ1n) is 3.82. The molecule has 0 unspecified atom stereocenters. The molecule has 14 heavy (non-hydrogen) atoms. The number of halogens is 5. The van der Waals surface area contributed by atoms with Gasteiger partial charge in [0.15, 0.2) is 0 Å². The van der Waals surface area contributed by atoms with Crippen LogP contribution in [0.3, 0.4) is 0 Å². The standard InChI is InChI=1S/C9H7Br2F3/c1-5(10)6-2-7(9(12,13)14)4-8(11)3-6/h2-5H,1H3/t5-/m0/s1. The fourth-order valence-electron chi connectivity index (χ4n) is 1.01. The molecule has 0 aromatic heterocycles. The predicted octanol–water partition coefficient (Wildman–Crippen LogP) is 4.92. The van der Waals surface area contributed by atoms with Crippen LogP contribution >= 0.6 is 31.9 Å². The number of hydrogen-bond donors (Lipinski definition) is 0. The molecule has 0 N–H and O–H groups in total. The molecule has 1 rings (SSSR count). The molecule has 0 aliphatic heterocycles. The third-order valence-electron chi connectivity index (χ3n) is 1.71. The molecule has 0 nitrogen and oxygen atoms in total. The van der Waals surface area contributed by atoms with Gasteiger partial charge >= 0.3 is 6.18 Å². The normalized spacial score (nSPS) is 14.1. The van der Waals surface area contributed by atoms with Crippen molar-refractivity contribution in [1.82, 2.24) is 0 Å². The first-order chi connectivity index (χ1) is 6.30. The van der Waals surface area contributed by atoms with Gasteiger partial charge in [-0.1, -0.05) is 31.9 Å². The minimum absolute atomic E-state index is 0.0962. The first-order valence-corrected chi connectivity index (χ1v) is 5.53. The number of rotatable bonds is 1. The summed E-state index contributed by atoms with van der Waals surface area (Å²) < 4.78 is 37.6. The van der Waals surface area contributed by atoms with E-state index in [0.29, 0.717) is 10.0 Å². The van der Waals surface area contributed by atoms with Crippen LogP contribution in [-0.4, -0.2) is 0 Å². The Balaban J connectivity index is 3.21. The van der Waals surface area contributed by atoms with Crippen molar-refractivity contribution in [3.05, 3.63) is 33.8 Å². The van der Waals surface area contributed by atoms with Crippen LogP contribution in [-0.2, 0) is 6.18 Å². The lowest BCUT2D eigenvalue weighted by Crippen LogP contribution is -2.05. The highest BCUT2D eigenvalue weighted by Gasteiger charge is 2.31. The molecule has 1 atom stereocenters. The molecule has 0 saturated carbocycles. The number of hydrogen-bond acceptors (Lipinski definition) is 0. The Morgan fingerprint density at radius 1 is 1.21 bits per heavy atom. The van der Waals surface area contributed by atoms with Gasteiger partial charge < -0.3 is 0 Å². The first kappa shape index (κ1) is 12.0. The highest BCUT2D eigenvalue weighted by Crippen LogP contribution is 2.34. The van der Waals surface area contributed by atoms with E-state index in [1.165, 1.54) is 0 Å². The van der Waals surface area contributed by atoms with Crippen molar-refractivity contribution in [2.45, 2.75) is 17.9 Å². The summed E-state index contributed by atoms with van der Waals surface area (Å²) in [6.07, 6.45) is -4.29. The maximum absolute atomic E-state index is 12.4. The lowest BCUT2D eigenvalue weighted by molar-refractivity contribution is -0.137. The summed E-state index contributed by atoms with van der Waals surface area (Å²) in [5, 5.41) is 0. The van der Waals surface area contributed by atoms with Gasteiger partial charge in [0.25, 0.3) is 0 Å². The monoisotopic (exact) mass is 330 g/mol. The quantitative estimate of drug-likeness (QED) is 0.640. The van der Waals surface area contributed by atoms with Crippen LogP contribution in [0, 0.1) is 0 Å². The molecule has 0 amide bonds.